The second kappa shape index (κ2) is 3.73. The van der Waals surface area contributed by atoms with Crippen LogP contribution in [-0.2, 0) is 0 Å². The molecule has 0 atom stereocenters. The summed E-state index contributed by atoms with van der Waals surface area (Å²) in [6, 6.07) is 0. The molecule has 0 aliphatic heterocycles. The van der Waals surface area contributed by atoms with Crippen molar-refractivity contribution < 1.29 is 0 Å². The molecule has 0 radical (unpaired) electrons. The van der Waals surface area contributed by atoms with E-state index in [9.17, 15) is 0 Å². The van der Waals surface area contributed by atoms with E-state index in [0.29, 0.717) is 16.4 Å². The van der Waals surface area contributed by atoms with Gasteiger partial charge in [-0.05, 0) is 70.1 Å². The molecule has 0 unspecified atom stereocenters. The highest BCUT2D eigenvalue weighted by Crippen LogP contribution is 2.60. The summed E-state index contributed by atoms with van der Waals surface area (Å²) in [4.78, 5) is 0. The van der Waals surface area contributed by atoms with Crippen LogP contribution < -0.4 is 5.32 Å². The predicted molar refractivity (Wildman–Crippen MR) is 75.2 cm³/mol. The second-order valence-corrected chi connectivity index (χ2v) is 8.69. The molecule has 3 aliphatic rings. The van der Waals surface area contributed by atoms with Crippen LogP contribution in [0, 0.1) is 10.8 Å². The Balaban J connectivity index is 2.10. The molecule has 3 aliphatic carbocycles. The van der Waals surface area contributed by atoms with E-state index in [1.54, 1.807) is 0 Å². The average Bonchev–Trinajstić information content (AvgIpc) is 2.15. The minimum Gasteiger partial charge on any atom is -0.307 e. The van der Waals surface area contributed by atoms with Gasteiger partial charge in [0.05, 0.1) is 0 Å². The smallest absolute Gasteiger partial charge is 0.0187 e. The van der Waals surface area contributed by atoms with Crippen molar-refractivity contribution in [2.75, 3.05) is 0 Å². The minimum absolute atomic E-state index is 0.263. The highest BCUT2D eigenvalue weighted by Gasteiger charge is 2.53. The van der Waals surface area contributed by atoms with Gasteiger partial charge in [0.2, 0.25) is 0 Å². The molecule has 1 heteroatoms. The van der Waals surface area contributed by atoms with Crippen molar-refractivity contribution in [1.82, 2.24) is 5.32 Å². The first-order chi connectivity index (χ1) is 7.58. The second-order valence-electron chi connectivity index (χ2n) is 8.69. The molecule has 0 aromatic heterocycles. The Hall–Kier alpha value is -0.0400. The fraction of sp³-hybridized carbons (Fsp3) is 1.00. The molecular formula is C16H31N. The summed E-state index contributed by atoms with van der Waals surface area (Å²) in [7, 11) is 0. The van der Waals surface area contributed by atoms with Crippen molar-refractivity contribution in [2.45, 2.75) is 91.1 Å². The van der Waals surface area contributed by atoms with Gasteiger partial charge < -0.3 is 5.32 Å². The van der Waals surface area contributed by atoms with Crippen molar-refractivity contribution in [3.05, 3.63) is 0 Å². The number of nitrogens with one attached hydrogen (secondary N) is 1. The third-order valence-electron chi connectivity index (χ3n) is 5.48. The lowest BCUT2D eigenvalue weighted by Crippen LogP contribution is -2.61. The van der Waals surface area contributed by atoms with Gasteiger partial charge in [-0.25, -0.2) is 0 Å². The van der Waals surface area contributed by atoms with Gasteiger partial charge in [0.25, 0.3) is 0 Å². The Labute approximate surface area is 108 Å². The van der Waals surface area contributed by atoms with E-state index >= 15 is 0 Å². The summed E-state index contributed by atoms with van der Waals surface area (Å²) in [6.45, 7) is 14.3. The zero-order valence-electron chi connectivity index (χ0n) is 12.7. The zero-order valence-corrected chi connectivity index (χ0v) is 12.7. The van der Waals surface area contributed by atoms with Gasteiger partial charge in [0, 0.05) is 11.1 Å². The number of rotatable bonds is 1. The molecule has 2 bridgehead atoms. The van der Waals surface area contributed by atoms with Gasteiger partial charge in [-0.3, -0.25) is 0 Å². The third-order valence-corrected chi connectivity index (χ3v) is 5.48. The van der Waals surface area contributed by atoms with E-state index in [0.717, 1.165) is 0 Å². The van der Waals surface area contributed by atoms with Crippen molar-refractivity contribution in [3.8, 4) is 0 Å². The van der Waals surface area contributed by atoms with Crippen LogP contribution in [0.25, 0.3) is 0 Å². The van der Waals surface area contributed by atoms with E-state index < -0.39 is 0 Å². The summed E-state index contributed by atoms with van der Waals surface area (Å²) < 4.78 is 0. The summed E-state index contributed by atoms with van der Waals surface area (Å²) >= 11 is 0. The molecule has 1 nitrogen and oxygen atoms in total. The number of hydrogen-bond acceptors (Lipinski definition) is 1. The van der Waals surface area contributed by atoms with Crippen LogP contribution in [0.4, 0.5) is 0 Å². The van der Waals surface area contributed by atoms with Crippen LogP contribution in [0.1, 0.15) is 80.1 Å². The van der Waals surface area contributed by atoms with Crippen molar-refractivity contribution in [3.63, 3.8) is 0 Å². The van der Waals surface area contributed by atoms with Crippen LogP contribution in [0.3, 0.4) is 0 Å². The molecule has 3 fully saturated rings. The van der Waals surface area contributed by atoms with E-state index in [1.807, 2.05) is 0 Å². The molecular weight excluding hydrogens is 206 g/mol. The first kappa shape index (κ1) is 13.4. The van der Waals surface area contributed by atoms with E-state index in [4.69, 9.17) is 0 Å². The predicted octanol–water partition coefficient (Wildman–Crippen LogP) is 4.51. The van der Waals surface area contributed by atoms with Gasteiger partial charge in [0.1, 0.15) is 0 Å². The zero-order chi connectivity index (χ0) is 12.9. The summed E-state index contributed by atoms with van der Waals surface area (Å²) in [6.07, 6.45) is 8.46. The molecule has 1 N–H and O–H groups in total. The first-order valence-electron chi connectivity index (χ1n) is 7.37. The lowest BCUT2D eigenvalue weighted by Gasteiger charge is -2.60. The maximum atomic E-state index is 3.93. The van der Waals surface area contributed by atoms with E-state index in [2.05, 4.69) is 46.9 Å². The molecule has 0 amide bonds. The van der Waals surface area contributed by atoms with Gasteiger partial charge in [-0.2, -0.15) is 0 Å². The molecule has 100 valence electrons. The van der Waals surface area contributed by atoms with Crippen LogP contribution in [0.5, 0.6) is 0 Å². The summed E-state index contributed by atoms with van der Waals surface area (Å²) in [5.41, 5.74) is 1.85. The Kier molecular flexibility index (Phi) is 2.94. The monoisotopic (exact) mass is 237 g/mol. The van der Waals surface area contributed by atoms with Crippen LogP contribution in [0.2, 0.25) is 0 Å². The molecule has 17 heavy (non-hydrogen) atoms. The highest BCUT2D eigenvalue weighted by molar-refractivity contribution is 5.09. The van der Waals surface area contributed by atoms with Crippen LogP contribution in [0.15, 0.2) is 0 Å². The van der Waals surface area contributed by atoms with Crippen molar-refractivity contribution >= 4 is 0 Å². The Morgan fingerprint density at radius 3 is 1.41 bits per heavy atom. The third kappa shape index (κ3) is 2.41. The molecule has 0 saturated heterocycles. The van der Waals surface area contributed by atoms with Gasteiger partial charge >= 0.3 is 0 Å². The lowest BCUT2D eigenvalue weighted by atomic mass is 9.49. The van der Waals surface area contributed by atoms with Gasteiger partial charge in [-0.15, -0.1) is 0 Å². The standard InChI is InChI=1S/C16H31N/c1-13(2,3)15-7-10-16(11-8-15,12-9-15)17-14(4,5)6/h17H,7-12H2,1-6H3. The maximum absolute atomic E-state index is 3.93. The van der Waals surface area contributed by atoms with Crippen LogP contribution in [-0.4, -0.2) is 11.1 Å². The maximum Gasteiger partial charge on any atom is 0.0187 e. The van der Waals surface area contributed by atoms with Crippen LogP contribution >= 0.6 is 0 Å². The molecule has 0 aromatic rings. The van der Waals surface area contributed by atoms with Crippen molar-refractivity contribution in [1.29, 1.82) is 0 Å². The quantitative estimate of drug-likeness (QED) is 0.707. The molecule has 0 aromatic carbocycles. The largest absolute Gasteiger partial charge is 0.307 e. The minimum atomic E-state index is 0.263. The normalized spacial score (nSPS) is 38.5. The van der Waals surface area contributed by atoms with Crippen molar-refractivity contribution in [2.24, 2.45) is 10.8 Å². The summed E-state index contributed by atoms with van der Waals surface area (Å²) in [5.74, 6) is 0. The molecule has 0 spiro atoms. The molecule has 3 saturated carbocycles. The lowest BCUT2D eigenvalue weighted by molar-refractivity contribution is -0.0608. The van der Waals surface area contributed by atoms with Gasteiger partial charge in [0.15, 0.2) is 0 Å². The average molecular weight is 237 g/mol. The van der Waals surface area contributed by atoms with E-state index in [-0.39, 0.29) is 5.54 Å². The SMILES string of the molecule is CC(C)(C)NC12CCC(C(C)(C)C)(CC1)CC2. The highest BCUT2D eigenvalue weighted by atomic mass is 15.0. The van der Waals surface area contributed by atoms with E-state index in [1.165, 1.54) is 38.5 Å². The Morgan fingerprint density at radius 2 is 1.12 bits per heavy atom. The topological polar surface area (TPSA) is 12.0 Å². The summed E-state index contributed by atoms with van der Waals surface area (Å²) in [5, 5.41) is 3.93. The Morgan fingerprint density at radius 1 is 0.706 bits per heavy atom. The Bertz CT molecular complexity index is 265. The number of fused-ring (bicyclic) bond motifs is 3. The molecule has 3 rings (SSSR count). The molecule has 0 heterocycles. The first-order valence-corrected chi connectivity index (χ1v) is 7.37. The fourth-order valence-electron chi connectivity index (χ4n) is 4.29. The number of hydrogen-bond donors (Lipinski definition) is 1. The fourth-order valence-corrected chi connectivity index (χ4v) is 4.29. The van der Waals surface area contributed by atoms with Gasteiger partial charge in [-0.1, -0.05) is 20.8 Å².